The lowest BCUT2D eigenvalue weighted by Gasteiger charge is -2.29. The number of benzene rings is 3. The van der Waals surface area contributed by atoms with Crippen LogP contribution < -0.4 is 10.6 Å². The summed E-state index contributed by atoms with van der Waals surface area (Å²) in [4.78, 5) is 7.26. The molecular formula is C28H36N4O. The van der Waals surface area contributed by atoms with Crippen LogP contribution in [-0.2, 0) is 13.1 Å². The zero-order valence-electron chi connectivity index (χ0n) is 19.8. The summed E-state index contributed by atoms with van der Waals surface area (Å²) in [6.45, 7) is 8.62. The van der Waals surface area contributed by atoms with Crippen LogP contribution in [0.3, 0.4) is 0 Å². The number of hydrogen-bond donors (Lipinski definition) is 3. The summed E-state index contributed by atoms with van der Waals surface area (Å²) in [7, 11) is 0. The van der Waals surface area contributed by atoms with Gasteiger partial charge in [-0.2, -0.15) is 0 Å². The molecule has 0 aliphatic carbocycles. The van der Waals surface area contributed by atoms with Crippen LogP contribution in [0.1, 0.15) is 49.4 Å². The van der Waals surface area contributed by atoms with Crippen molar-refractivity contribution in [3.8, 4) is 0 Å². The standard InChI is InChI=1S/C28H36N4O/c1-3-29-28(31-21(2)26-10-6-8-24-7-4-5-9-27(24)26)30-19-22-11-13-23(14-12-22)20-32-17-15-25(33)16-18-32/h4-14,21,25,33H,3,15-20H2,1-2H3,(H2,29,30,31). The fourth-order valence-corrected chi connectivity index (χ4v) is 4.49. The summed E-state index contributed by atoms with van der Waals surface area (Å²) in [5.41, 5.74) is 3.78. The van der Waals surface area contributed by atoms with Crippen molar-refractivity contribution in [1.29, 1.82) is 0 Å². The Bertz CT molecular complexity index is 1050. The molecule has 0 spiro atoms. The van der Waals surface area contributed by atoms with Crippen LogP contribution in [0.2, 0.25) is 0 Å². The Morgan fingerprint density at radius 2 is 1.70 bits per heavy atom. The molecule has 3 aromatic carbocycles. The van der Waals surface area contributed by atoms with Gasteiger partial charge in [0.15, 0.2) is 5.96 Å². The minimum absolute atomic E-state index is 0.121. The number of aliphatic imine (C=N–C) groups is 1. The van der Waals surface area contributed by atoms with Crippen molar-refractivity contribution in [2.45, 2.75) is 51.9 Å². The van der Waals surface area contributed by atoms with Gasteiger partial charge in [0.1, 0.15) is 0 Å². The van der Waals surface area contributed by atoms with Gasteiger partial charge in [-0.1, -0.05) is 66.7 Å². The number of rotatable bonds is 7. The topological polar surface area (TPSA) is 59.9 Å². The van der Waals surface area contributed by atoms with Crippen molar-refractivity contribution < 1.29 is 5.11 Å². The summed E-state index contributed by atoms with van der Waals surface area (Å²) in [5.74, 6) is 0.828. The van der Waals surface area contributed by atoms with Gasteiger partial charge in [-0.05, 0) is 54.2 Å². The maximum atomic E-state index is 9.69. The molecule has 5 heteroatoms. The molecule has 3 aromatic rings. The molecule has 0 radical (unpaired) electrons. The van der Waals surface area contributed by atoms with Crippen molar-refractivity contribution in [3.05, 3.63) is 83.4 Å². The average Bonchev–Trinajstić information content (AvgIpc) is 2.84. The van der Waals surface area contributed by atoms with E-state index in [-0.39, 0.29) is 12.1 Å². The molecule has 5 nitrogen and oxygen atoms in total. The van der Waals surface area contributed by atoms with Crippen LogP contribution in [0, 0.1) is 0 Å². The summed E-state index contributed by atoms with van der Waals surface area (Å²) in [5, 5.41) is 19.2. The molecule has 4 rings (SSSR count). The van der Waals surface area contributed by atoms with Crippen LogP contribution >= 0.6 is 0 Å². The van der Waals surface area contributed by atoms with Gasteiger partial charge in [0, 0.05) is 26.2 Å². The van der Waals surface area contributed by atoms with Gasteiger partial charge < -0.3 is 15.7 Å². The van der Waals surface area contributed by atoms with E-state index in [1.807, 2.05) is 0 Å². The Labute approximate surface area is 197 Å². The van der Waals surface area contributed by atoms with Gasteiger partial charge in [-0.15, -0.1) is 0 Å². The van der Waals surface area contributed by atoms with E-state index in [1.165, 1.54) is 27.5 Å². The molecule has 1 aliphatic rings. The van der Waals surface area contributed by atoms with Crippen LogP contribution in [0.4, 0.5) is 0 Å². The highest BCUT2D eigenvalue weighted by molar-refractivity contribution is 5.87. The fourth-order valence-electron chi connectivity index (χ4n) is 4.49. The quantitative estimate of drug-likeness (QED) is 0.368. The molecule has 1 atom stereocenters. The number of hydrogen-bond acceptors (Lipinski definition) is 3. The van der Waals surface area contributed by atoms with Crippen molar-refractivity contribution >= 4 is 16.7 Å². The van der Waals surface area contributed by atoms with Crippen LogP contribution in [-0.4, -0.2) is 41.7 Å². The highest BCUT2D eigenvalue weighted by Gasteiger charge is 2.16. The SMILES string of the molecule is CCNC(=NCc1ccc(CN2CCC(O)CC2)cc1)NC(C)c1cccc2ccccc12. The van der Waals surface area contributed by atoms with Gasteiger partial charge in [0.2, 0.25) is 0 Å². The van der Waals surface area contributed by atoms with E-state index in [1.54, 1.807) is 0 Å². The van der Waals surface area contributed by atoms with E-state index in [2.05, 4.69) is 96.1 Å². The van der Waals surface area contributed by atoms with E-state index in [4.69, 9.17) is 4.99 Å². The maximum Gasteiger partial charge on any atom is 0.192 e. The Morgan fingerprint density at radius 1 is 1.00 bits per heavy atom. The van der Waals surface area contributed by atoms with Crippen molar-refractivity contribution in [2.24, 2.45) is 4.99 Å². The number of fused-ring (bicyclic) bond motifs is 1. The van der Waals surface area contributed by atoms with Gasteiger partial charge in [-0.25, -0.2) is 4.99 Å². The fraction of sp³-hybridized carbons (Fsp3) is 0.393. The van der Waals surface area contributed by atoms with Crippen LogP contribution in [0.5, 0.6) is 0 Å². The lowest BCUT2D eigenvalue weighted by atomic mass is 10.00. The number of likely N-dealkylation sites (tertiary alicyclic amines) is 1. The second-order valence-corrected chi connectivity index (χ2v) is 8.95. The third kappa shape index (κ3) is 6.34. The van der Waals surface area contributed by atoms with Gasteiger partial charge in [-0.3, -0.25) is 4.90 Å². The van der Waals surface area contributed by atoms with E-state index in [9.17, 15) is 5.11 Å². The monoisotopic (exact) mass is 444 g/mol. The van der Waals surface area contributed by atoms with Crippen molar-refractivity contribution in [1.82, 2.24) is 15.5 Å². The highest BCUT2D eigenvalue weighted by atomic mass is 16.3. The van der Waals surface area contributed by atoms with Crippen molar-refractivity contribution in [2.75, 3.05) is 19.6 Å². The largest absolute Gasteiger partial charge is 0.393 e. The molecule has 1 saturated heterocycles. The van der Waals surface area contributed by atoms with Crippen LogP contribution in [0.25, 0.3) is 10.8 Å². The smallest absolute Gasteiger partial charge is 0.192 e. The average molecular weight is 445 g/mol. The van der Waals surface area contributed by atoms with Crippen molar-refractivity contribution in [3.63, 3.8) is 0 Å². The third-order valence-electron chi connectivity index (χ3n) is 6.39. The molecule has 33 heavy (non-hydrogen) atoms. The Kier molecular flexibility index (Phi) is 7.97. The second-order valence-electron chi connectivity index (χ2n) is 8.95. The van der Waals surface area contributed by atoms with Gasteiger partial charge in [0.25, 0.3) is 0 Å². The molecule has 0 amide bonds. The van der Waals surface area contributed by atoms with Gasteiger partial charge in [0.05, 0.1) is 18.7 Å². The summed E-state index contributed by atoms with van der Waals surface area (Å²) < 4.78 is 0. The first-order chi connectivity index (χ1) is 16.1. The molecule has 1 heterocycles. The number of nitrogens with zero attached hydrogens (tertiary/aromatic N) is 2. The first-order valence-electron chi connectivity index (χ1n) is 12.1. The second kappa shape index (κ2) is 11.3. The first-order valence-corrected chi connectivity index (χ1v) is 12.1. The Balaban J connectivity index is 1.38. The minimum Gasteiger partial charge on any atom is -0.393 e. The first kappa shape index (κ1) is 23.3. The molecule has 3 N–H and O–H groups in total. The number of nitrogens with one attached hydrogen (secondary N) is 2. The molecule has 1 unspecified atom stereocenters. The Hall–Kier alpha value is -2.89. The predicted octanol–water partition coefficient (Wildman–Crippen LogP) is 4.61. The lowest BCUT2D eigenvalue weighted by Crippen LogP contribution is -2.38. The number of aliphatic hydroxyl groups excluding tert-OH is 1. The molecule has 0 bridgehead atoms. The summed E-state index contributed by atoms with van der Waals surface area (Å²) >= 11 is 0. The van der Waals surface area contributed by atoms with Gasteiger partial charge >= 0.3 is 0 Å². The normalized spacial score (nSPS) is 16.6. The molecule has 174 valence electrons. The molecular weight excluding hydrogens is 408 g/mol. The molecule has 0 aromatic heterocycles. The Morgan fingerprint density at radius 3 is 2.45 bits per heavy atom. The third-order valence-corrected chi connectivity index (χ3v) is 6.39. The predicted molar refractivity (Wildman–Crippen MR) is 137 cm³/mol. The summed E-state index contributed by atoms with van der Waals surface area (Å²) in [6, 6.07) is 23.9. The van der Waals surface area contributed by atoms with Crippen LogP contribution in [0.15, 0.2) is 71.7 Å². The zero-order chi connectivity index (χ0) is 23.0. The molecule has 0 saturated carbocycles. The summed E-state index contributed by atoms with van der Waals surface area (Å²) in [6.07, 6.45) is 1.64. The molecule has 1 fully saturated rings. The van der Waals surface area contributed by atoms with E-state index < -0.39 is 0 Å². The van der Waals surface area contributed by atoms with E-state index >= 15 is 0 Å². The maximum absolute atomic E-state index is 9.69. The highest BCUT2D eigenvalue weighted by Crippen LogP contribution is 2.24. The lowest BCUT2D eigenvalue weighted by molar-refractivity contribution is 0.0792. The number of guanidine groups is 1. The zero-order valence-corrected chi connectivity index (χ0v) is 19.8. The number of piperidine rings is 1. The molecule has 1 aliphatic heterocycles. The number of aliphatic hydroxyl groups is 1. The van der Waals surface area contributed by atoms with E-state index in [0.717, 1.165) is 45.0 Å². The van der Waals surface area contributed by atoms with E-state index in [0.29, 0.717) is 6.54 Å². The minimum atomic E-state index is -0.121.